The number of benzene rings is 1. The fourth-order valence-corrected chi connectivity index (χ4v) is 2.36. The van der Waals surface area contributed by atoms with Crippen molar-refractivity contribution in [1.29, 1.82) is 0 Å². The van der Waals surface area contributed by atoms with Crippen molar-refractivity contribution in [3.63, 3.8) is 0 Å². The van der Waals surface area contributed by atoms with Crippen molar-refractivity contribution in [3.8, 4) is 0 Å². The third-order valence-corrected chi connectivity index (χ3v) is 3.48. The maximum atomic E-state index is 12.0. The Bertz CT molecular complexity index is 588. The summed E-state index contributed by atoms with van der Waals surface area (Å²) in [5, 5.41) is 2.89. The SMILES string of the molecule is CNC(=O)c1cc(Cl)ccc1N1CC(C(N)=O)CC1=O. The van der Waals surface area contributed by atoms with Crippen LogP contribution < -0.4 is 16.0 Å². The quantitative estimate of drug-likeness (QED) is 0.852. The molecule has 1 aliphatic heterocycles. The first-order valence-electron chi connectivity index (χ1n) is 6.05. The molecule has 1 heterocycles. The molecule has 7 heteroatoms. The second-order valence-electron chi connectivity index (χ2n) is 4.55. The summed E-state index contributed by atoms with van der Waals surface area (Å²) in [6.45, 7) is 0.180. The molecule has 1 aromatic carbocycles. The zero-order valence-corrected chi connectivity index (χ0v) is 11.6. The van der Waals surface area contributed by atoms with Crippen LogP contribution in [0.1, 0.15) is 16.8 Å². The van der Waals surface area contributed by atoms with Gasteiger partial charge in [-0.25, -0.2) is 0 Å². The Hall–Kier alpha value is -2.08. The lowest BCUT2D eigenvalue weighted by molar-refractivity contribution is -0.123. The summed E-state index contributed by atoms with van der Waals surface area (Å²) >= 11 is 5.88. The van der Waals surface area contributed by atoms with Crippen molar-refractivity contribution in [2.75, 3.05) is 18.5 Å². The zero-order chi connectivity index (χ0) is 14.9. The number of amides is 3. The first-order valence-corrected chi connectivity index (χ1v) is 6.43. The predicted octanol–water partition coefficient (Wildman–Crippen LogP) is 0.538. The maximum Gasteiger partial charge on any atom is 0.253 e. The number of nitrogens with two attached hydrogens (primary N) is 1. The Kier molecular flexibility index (Phi) is 3.94. The van der Waals surface area contributed by atoms with Crippen molar-refractivity contribution in [2.45, 2.75) is 6.42 Å². The molecule has 1 saturated heterocycles. The number of carbonyl (C=O) groups excluding carboxylic acids is 3. The monoisotopic (exact) mass is 295 g/mol. The number of hydrogen-bond donors (Lipinski definition) is 2. The topological polar surface area (TPSA) is 92.5 Å². The van der Waals surface area contributed by atoms with Gasteiger partial charge in [0.05, 0.1) is 17.2 Å². The fourth-order valence-electron chi connectivity index (χ4n) is 2.19. The van der Waals surface area contributed by atoms with E-state index in [1.807, 2.05) is 0 Å². The molecule has 3 N–H and O–H groups in total. The molecule has 0 aliphatic carbocycles. The molecule has 2 rings (SSSR count). The molecule has 1 fully saturated rings. The highest BCUT2D eigenvalue weighted by molar-refractivity contribution is 6.31. The minimum atomic E-state index is -0.532. The third-order valence-electron chi connectivity index (χ3n) is 3.25. The van der Waals surface area contributed by atoms with Crippen LogP contribution in [0.4, 0.5) is 5.69 Å². The van der Waals surface area contributed by atoms with E-state index in [9.17, 15) is 14.4 Å². The van der Waals surface area contributed by atoms with Crippen LogP contribution in [0.2, 0.25) is 5.02 Å². The number of carbonyl (C=O) groups is 3. The van der Waals surface area contributed by atoms with Crippen molar-refractivity contribution < 1.29 is 14.4 Å². The summed E-state index contributed by atoms with van der Waals surface area (Å²) < 4.78 is 0. The van der Waals surface area contributed by atoms with E-state index in [1.54, 1.807) is 12.1 Å². The Morgan fingerprint density at radius 3 is 2.70 bits per heavy atom. The van der Waals surface area contributed by atoms with E-state index in [0.29, 0.717) is 16.3 Å². The smallest absolute Gasteiger partial charge is 0.253 e. The molecule has 0 bridgehead atoms. The van der Waals surface area contributed by atoms with Crippen LogP contribution in [0.5, 0.6) is 0 Å². The van der Waals surface area contributed by atoms with Gasteiger partial charge in [-0.3, -0.25) is 14.4 Å². The van der Waals surface area contributed by atoms with Gasteiger partial charge < -0.3 is 16.0 Å². The van der Waals surface area contributed by atoms with Gasteiger partial charge in [-0.05, 0) is 18.2 Å². The van der Waals surface area contributed by atoms with E-state index in [4.69, 9.17) is 17.3 Å². The van der Waals surface area contributed by atoms with Gasteiger partial charge in [0, 0.05) is 25.0 Å². The summed E-state index contributed by atoms with van der Waals surface area (Å²) in [6.07, 6.45) is 0.0607. The van der Waals surface area contributed by atoms with Gasteiger partial charge in [-0.1, -0.05) is 11.6 Å². The van der Waals surface area contributed by atoms with Gasteiger partial charge in [0.2, 0.25) is 11.8 Å². The first kappa shape index (κ1) is 14.3. The molecule has 1 unspecified atom stereocenters. The van der Waals surface area contributed by atoms with Gasteiger partial charge in [-0.15, -0.1) is 0 Å². The van der Waals surface area contributed by atoms with Crippen molar-refractivity contribution in [3.05, 3.63) is 28.8 Å². The highest BCUT2D eigenvalue weighted by Gasteiger charge is 2.35. The largest absolute Gasteiger partial charge is 0.369 e. The van der Waals surface area contributed by atoms with Gasteiger partial charge in [0.15, 0.2) is 0 Å². The summed E-state index contributed by atoms with van der Waals surface area (Å²) in [5.74, 6) is -1.63. The summed E-state index contributed by atoms with van der Waals surface area (Å²) in [4.78, 5) is 36.5. The normalized spacial score (nSPS) is 18.2. The Balaban J connectivity index is 2.40. The molecular formula is C13H14ClN3O3. The van der Waals surface area contributed by atoms with Gasteiger partial charge in [0.1, 0.15) is 0 Å². The van der Waals surface area contributed by atoms with E-state index in [2.05, 4.69) is 5.32 Å². The lowest BCUT2D eigenvalue weighted by Gasteiger charge is -2.19. The molecule has 0 saturated carbocycles. The number of anilines is 1. The fraction of sp³-hybridized carbons (Fsp3) is 0.308. The molecule has 1 aliphatic rings. The number of nitrogens with one attached hydrogen (secondary N) is 1. The lowest BCUT2D eigenvalue weighted by atomic mass is 10.1. The summed E-state index contributed by atoms with van der Waals surface area (Å²) in [6, 6.07) is 4.67. The van der Waals surface area contributed by atoms with Crippen molar-refractivity contribution >= 4 is 35.0 Å². The van der Waals surface area contributed by atoms with E-state index < -0.39 is 11.8 Å². The van der Waals surface area contributed by atoms with Crippen LogP contribution in [0.3, 0.4) is 0 Å². The molecule has 0 aromatic heterocycles. The van der Waals surface area contributed by atoms with Crippen molar-refractivity contribution in [1.82, 2.24) is 5.32 Å². The minimum absolute atomic E-state index is 0.0607. The molecular weight excluding hydrogens is 282 g/mol. The van der Waals surface area contributed by atoms with E-state index >= 15 is 0 Å². The number of halogens is 1. The summed E-state index contributed by atoms with van der Waals surface area (Å²) in [7, 11) is 1.49. The Morgan fingerprint density at radius 1 is 1.45 bits per heavy atom. The molecule has 106 valence electrons. The minimum Gasteiger partial charge on any atom is -0.369 e. The Labute approximate surface area is 120 Å². The average molecular weight is 296 g/mol. The molecule has 3 amide bonds. The lowest BCUT2D eigenvalue weighted by Crippen LogP contribution is -2.30. The van der Waals surface area contributed by atoms with Crippen LogP contribution in [-0.4, -0.2) is 31.3 Å². The van der Waals surface area contributed by atoms with Crippen molar-refractivity contribution in [2.24, 2.45) is 11.7 Å². The molecule has 0 spiro atoms. The average Bonchev–Trinajstić information content (AvgIpc) is 2.80. The molecule has 1 aromatic rings. The molecule has 1 atom stereocenters. The van der Waals surface area contributed by atoms with Crippen LogP contribution in [0.25, 0.3) is 0 Å². The molecule has 0 radical (unpaired) electrons. The third kappa shape index (κ3) is 2.60. The number of hydrogen-bond acceptors (Lipinski definition) is 3. The molecule has 20 heavy (non-hydrogen) atoms. The second kappa shape index (κ2) is 5.50. The van der Waals surface area contributed by atoms with Crippen LogP contribution in [0.15, 0.2) is 18.2 Å². The van der Waals surface area contributed by atoms with Gasteiger partial charge in [0.25, 0.3) is 5.91 Å². The molecule has 6 nitrogen and oxygen atoms in total. The number of primary amides is 1. The van der Waals surface area contributed by atoms with Crippen LogP contribution in [0, 0.1) is 5.92 Å². The second-order valence-corrected chi connectivity index (χ2v) is 4.98. The standard InChI is InChI=1S/C13H14ClN3O3/c1-16-13(20)9-5-8(14)2-3-10(9)17-6-7(12(15)19)4-11(17)18/h2-3,5,7H,4,6H2,1H3,(H2,15,19)(H,16,20). The zero-order valence-electron chi connectivity index (χ0n) is 10.9. The van der Waals surface area contributed by atoms with E-state index in [-0.39, 0.29) is 24.8 Å². The maximum absolute atomic E-state index is 12.0. The summed E-state index contributed by atoms with van der Waals surface area (Å²) in [5.41, 5.74) is 5.95. The van der Waals surface area contributed by atoms with Gasteiger partial charge in [-0.2, -0.15) is 0 Å². The highest BCUT2D eigenvalue weighted by atomic mass is 35.5. The van der Waals surface area contributed by atoms with E-state index in [1.165, 1.54) is 18.0 Å². The van der Waals surface area contributed by atoms with Crippen LogP contribution in [-0.2, 0) is 9.59 Å². The first-order chi connectivity index (χ1) is 9.43. The Morgan fingerprint density at radius 2 is 2.15 bits per heavy atom. The highest BCUT2D eigenvalue weighted by Crippen LogP contribution is 2.30. The number of nitrogens with zero attached hydrogens (tertiary/aromatic N) is 1. The van der Waals surface area contributed by atoms with Gasteiger partial charge >= 0.3 is 0 Å². The number of rotatable bonds is 3. The van der Waals surface area contributed by atoms with E-state index in [0.717, 1.165) is 0 Å². The predicted molar refractivity (Wildman–Crippen MR) is 74.5 cm³/mol. The van der Waals surface area contributed by atoms with Crippen LogP contribution >= 0.6 is 11.6 Å².